The number of rotatable bonds is 2. The highest BCUT2D eigenvalue weighted by molar-refractivity contribution is 5.69. The van der Waals surface area contributed by atoms with Gasteiger partial charge < -0.3 is 5.11 Å². The monoisotopic (exact) mass is 194 g/mol. The van der Waals surface area contributed by atoms with E-state index in [9.17, 15) is 4.79 Å². The Labute approximate surface area is 85.3 Å². The summed E-state index contributed by atoms with van der Waals surface area (Å²) >= 11 is 0. The number of carboxylic acids is 1. The summed E-state index contributed by atoms with van der Waals surface area (Å²) in [7, 11) is 0. The summed E-state index contributed by atoms with van der Waals surface area (Å²) < 4.78 is 0. The van der Waals surface area contributed by atoms with Crippen LogP contribution in [-0.2, 0) is 4.79 Å². The van der Waals surface area contributed by atoms with Crippen molar-refractivity contribution in [2.75, 3.05) is 0 Å². The largest absolute Gasteiger partial charge is 0.481 e. The normalized spacial score (nSPS) is 23.4. The van der Waals surface area contributed by atoms with Crippen molar-refractivity contribution < 1.29 is 9.90 Å². The molecule has 0 aromatic rings. The molecule has 0 spiro atoms. The van der Waals surface area contributed by atoms with Gasteiger partial charge in [-0.2, -0.15) is 0 Å². The molecule has 1 N–H and O–H groups in total. The SMILES string of the molecule is CC1=CCCC(C)(C)/C1=C/CC(=O)O. The van der Waals surface area contributed by atoms with Gasteiger partial charge in [0.2, 0.25) is 0 Å². The van der Waals surface area contributed by atoms with Crippen molar-refractivity contribution in [3.63, 3.8) is 0 Å². The van der Waals surface area contributed by atoms with Gasteiger partial charge in [0, 0.05) is 0 Å². The van der Waals surface area contributed by atoms with E-state index in [-0.39, 0.29) is 11.8 Å². The van der Waals surface area contributed by atoms with Crippen LogP contribution >= 0.6 is 0 Å². The molecule has 0 saturated carbocycles. The summed E-state index contributed by atoms with van der Waals surface area (Å²) in [5.41, 5.74) is 2.57. The molecule has 0 amide bonds. The number of hydrogen-bond donors (Lipinski definition) is 1. The van der Waals surface area contributed by atoms with Crippen molar-refractivity contribution in [3.8, 4) is 0 Å². The Morgan fingerprint density at radius 3 is 2.79 bits per heavy atom. The highest BCUT2D eigenvalue weighted by Gasteiger charge is 2.26. The van der Waals surface area contributed by atoms with Gasteiger partial charge in [-0.3, -0.25) is 4.79 Å². The first-order valence-corrected chi connectivity index (χ1v) is 5.03. The maximum Gasteiger partial charge on any atom is 0.307 e. The van der Waals surface area contributed by atoms with Crippen LogP contribution in [0.15, 0.2) is 23.3 Å². The second-order valence-corrected chi connectivity index (χ2v) is 4.53. The van der Waals surface area contributed by atoms with Crippen LogP contribution in [0, 0.1) is 5.41 Å². The number of aliphatic carboxylic acids is 1. The molecule has 2 nitrogen and oxygen atoms in total. The van der Waals surface area contributed by atoms with E-state index in [4.69, 9.17) is 5.11 Å². The van der Waals surface area contributed by atoms with Crippen LogP contribution < -0.4 is 0 Å². The summed E-state index contributed by atoms with van der Waals surface area (Å²) in [5.74, 6) is -0.758. The number of hydrogen-bond acceptors (Lipinski definition) is 1. The Balaban J connectivity index is 2.91. The van der Waals surface area contributed by atoms with Gasteiger partial charge in [0.05, 0.1) is 6.42 Å². The molecule has 0 atom stereocenters. The molecule has 0 saturated heterocycles. The lowest BCUT2D eigenvalue weighted by Crippen LogP contribution is -2.19. The fourth-order valence-corrected chi connectivity index (χ4v) is 2.05. The highest BCUT2D eigenvalue weighted by Crippen LogP contribution is 2.40. The van der Waals surface area contributed by atoms with Crippen molar-refractivity contribution >= 4 is 5.97 Å². The topological polar surface area (TPSA) is 37.3 Å². The molecule has 78 valence electrons. The van der Waals surface area contributed by atoms with Crippen molar-refractivity contribution in [2.45, 2.75) is 40.0 Å². The van der Waals surface area contributed by atoms with Crippen molar-refractivity contribution in [2.24, 2.45) is 5.41 Å². The standard InChI is InChI=1S/C12H18O2/c1-9-5-4-8-12(2,3)10(9)6-7-11(13)14/h5-6H,4,7-8H2,1-3H3,(H,13,14)/b10-6+. The van der Waals surface area contributed by atoms with E-state index in [0.29, 0.717) is 0 Å². The average molecular weight is 194 g/mol. The third-order valence-corrected chi connectivity index (χ3v) is 2.85. The van der Waals surface area contributed by atoms with Crippen LogP contribution in [0.4, 0.5) is 0 Å². The lowest BCUT2D eigenvalue weighted by atomic mass is 9.73. The van der Waals surface area contributed by atoms with Crippen molar-refractivity contribution in [3.05, 3.63) is 23.3 Å². The van der Waals surface area contributed by atoms with Gasteiger partial charge >= 0.3 is 5.97 Å². The first kappa shape index (κ1) is 11.0. The molecule has 0 aromatic carbocycles. The molecule has 0 heterocycles. The predicted molar refractivity (Wildman–Crippen MR) is 57.1 cm³/mol. The quantitative estimate of drug-likeness (QED) is 0.733. The van der Waals surface area contributed by atoms with Gasteiger partial charge in [0.1, 0.15) is 0 Å². The summed E-state index contributed by atoms with van der Waals surface area (Å²) in [4.78, 5) is 10.5. The molecule has 2 heteroatoms. The van der Waals surface area contributed by atoms with Crippen LogP contribution in [0.1, 0.15) is 40.0 Å². The Bertz CT molecular complexity index is 295. The van der Waals surface area contributed by atoms with Gasteiger partial charge in [-0.25, -0.2) is 0 Å². The summed E-state index contributed by atoms with van der Waals surface area (Å²) in [5, 5.41) is 8.64. The lowest BCUT2D eigenvalue weighted by Gasteiger charge is -2.32. The minimum atomic E-state index is -0.758. The third-order valence-electron chi connectivity index (χ3n) is 2.85. The van der Waals surface area contributed by atoms with Crippen molar-refractivity contribution in [1.29, 1.82) is 0 Å². The molecule has 0 unspecified atom stereocenters. The second kappa shape index (κ2) is 3.99. The maximum atomic E-state index is 10.5. The highest BCUT2D eigenvalue weighted by atomic mass is 16.4. The fraction of sp³-hybridized carbons (Fsp3) is 0.583. The maximum absolute atomic E-state index is 10.5. The Morgan fingerprint density at radius 2 is 2.29 bits per heavy atom. The van der Waals surface area contributed by atoms with Crippen LogP contribution in [0.5, 0.6) is 0 Å². The van der Waals surface area contributed by atoms with Crippen LogP contribution in [-0.4, -0.2) is 11.1 Å². The minimum Gasteiger partial charge on any atom is -0.481 e. The molecule has 0 aliphatic heterocycles. The second-order valence-electron chi connectivity index (χ2n) is 4.53. The van der Waals surface area contributed by atoms with E-state index < -0.39 is 5.97 Å². The summed E-state index contributed by atoms with van der Waals surface area (Å²) in [6, 6.07) is 0. The fourth-order valence-electron chi connectivity index (χ4n) is 2.05. The number of carbonyl (C=O) groups is 1. The third kappa shape index (κ3) is 2.47. The molecule has 0 radical (unpaired) electrons. The van der Waals surface area contributed by atoms with Gasteiger partial charge in [-0.05, 0) is 30.8 Å². The predicted octanol–water partition coefficient (Wildman–Crippen LogP) is 3.15. The zero-order valence-corrected chi connectivity index (χ0v) is 9.13. The van der Waals surface area contributed by atoms with Crippen LogP contribution in [0.25, 0.3) is 0 Å². The molecule has 1 rings (SSSR count). The van der Waals surface area contributed by atoms with E-state index in [2.05, 4.69) is 26.8 Å². The molecule has 0 aromatic heterocycles. The molecule has 0 bridgehead atoms. The van der Waals surface area contributed by atoms with E-state index in [0.717, 1.165) is 12.8 Å². The lowest BCUT2D eigenvalue weighted by molar-refractivity contribution is -0.136. The first-order chi connectivity index (χ1) is 6.43. The van der Waals surface area contributed by atoms with Gasteiger partial charge in [0.25, 0.3) is 0 Å². The smallest absolute Gasteiger partial charge is 0.307 e. The van der Waals surface area contributed by atoms with Gasteiger partial charge in [-0.1, -0.05) is 31.6 Å². The summed E-state index contributed by atoms with van der Waals surface area (Å²) in [6.45, 7) is 6.42. The average Bonchev–Trinajstić information content (AvgIpc) is 2.01. The van der Waals surface area contributed by atoms with E-state index in [1.165, 1.54) is 11.1 Å². The zero-order valence-electron chi connectivity index (χ0n) is 9.13. The van der Waals surface area contributed by atoms with Gasteiger partial charge in [0.15, 0.2) is 0 Å². The van der Waals surface area contributed by atoms with E-state index in [1.54, 1.807) is 0 Å². The number of allylic oxidation sites excluding steroid dienone is 3. The summed E-state index contributed by atoms with van der Waals surface area (Å²) in [6.07, 6.45) is 6.38. The molecular formula is C12H18O2. The van der Waals surface area contributed by atoms with Crippen LogP contribution in [0.3, 0.4) is 0 Å². The Hall–Kier alpha value is -1.05. The zero-order chi connectivity index (χ0) is 10.8. The van der Waals surface area contributed by atoms with Crippen LogP contribution in [0.2, 0.25) is 0 Å². The first-order valence-electron chi connectivity index (χ1n) is 5.03. The van der Waals surface area contributed by atoms with E-state index >= 15 is 0 Å². The molecular weight excluding hydrogens is 176 g/mol. The molecule has 14 heavy (non-hydrogen) atoms. The molecule has 1 aliphatic rings. The molecule has 1 aliphatic carbocycles. The Kier molecular flexibility index (Phi) is 3.14. The van der Waals surface area contributed by atoms with E-state index in [1.807, 2.05) is 6.08 Å². The minimum absolute atomic E-state index is 0.129. The van der Waals surface area contributed by atoms with Crippen molar-refractivity contribution in [1.82, 2.24) is 0 Å². The Morgan fingerprint density at radius 1 is 1.64 bits per heavy atom. The number of carboxylic acid groups (broad SMARTS) is 1. The van der Waals surface area contributed by atoms with Gasteiger partial charge in [-0.15, -0.1) is 0 Å². The molecule has 0 fully saturated rings.